The summed E-state index contributed by atoms with van der Waals surface area (Å²) in [4.78, 5) is 14.1. The van der Waals surface area contributed by atoms with Crippen LogP contribution in [0.1, 0.15) is 37.8 Å². The van der Waals surface area contributed by atoms with Crippen molar-refractivity contribution in [1.29, 1.82) is 0 Å². The molecule has 4 aromatic rings. The second-order valence-electron chi connectivity index (χ2n) is 8.08. The SMILES string of the molecule is Clc1ccc(-n2c(-c3ccc(Cl)cc3Cl)nc3c(CNC4CCCCC4)ncnc32)cc1. The van der Waals surface area contributed by atoms with Crippen molar-refractivity contribution in [2.45, 2.75) is 44.7 Å². The molecule has 0 saturated heterocycles. The minimum atomic E-state index is 0.525. The molecule has 0 atom stereocenters. The third-order valence-corrected chi connectivity index (χ3v) is 6.74. The third kappa shape index (κ3) is 4.35. The number of hydrogen-bond donors (Lipinski definition) is 1. The quantitative estimate of drug-likeness (QED) is 0.334. The molecule has 2 aromatic heterocycles. The van der Waals surface area contributed by atoms with Gasteiger partial charge in [0.2, 0.25) is 0 Å². The first-order valence-electron chi connectivity index (χ1n) is 10.8. The molecule has 0 amide bonds. The zero-order chi connectivity index (χ0) is 22.1. The lowest BCUT2D eigenvalue weighted by Gasteiger charge is -2.22. The minimum Gasteiger partial charge on any atom is -0.308 e. The van der Waals surface area contributed by atoms with E-state index in [1.54, 1.807) is 12.4 Å². The van der Waals surface area contributed by atoms with Crippen molar-refractivity contribution >= 4 is 46.0 Å². The fourth-order valence-electron chi connectivity index (χ4n) is 4.30. The summed E-state index contributed by atoms with van der Waals surface area (Å²) in [6, 6.07) is 13.5. The van der Waals surface area contributed by atoms with Gasteiger partial charge in [0.05, 0.1) is 10.7 Å². The second kappa shape index (κ2) is 9.36. The fraction of sp³-hybridized carbons (Fsp3) is 0.292. The molecule has 1 aliphatic carbocycles. The number of rotatable bonds is 5. The number of fused-ring (bicyclic) bond motifs is 1. The van der Waals surface area contributed by atoms with E-state index in [1.165, 1.54) is 32.1 Å². The average Bonchev–Trinajstić information content (AvgIpc) is 3.19. The van der Waals surface area contributed by atoms with Crippen molar-refractivity contribution < 1.29 is 0 Å². The number of nitrogens with zero attached hydrogens (tertiary/aromatic N) is 4. The maximum atomic E-state index is 6.57. The molecule has 0 aliphatic heterocycles. The first-order valence-corrected chi connectivity index (χ1v) is 11.9. The number of hydrogen-bond acceptors (Lipinski definition) is 4. The van der Waals surface area contributed by atoms with Crippen LogP contribution in [0.25, 0.3) is 28.2 Å². The van der Waals surface area contributed by atoms with Gasteiger partial charge in [0, 0.05) is 33.9 Å². The average molecular weight is 487 g/mol. The van der Waals surface area contributed by atoms with Crippen molar-refractivity contribution in [3.8, 4) is 17.1 Å². The van der Waals surface area contributed by atoms with Gasteiger partial charge >= 0.3 is 0 Å². The van der Waals surface area contributed by atoms with Crippen LogP contribution >= 0.6 is 34.8 Å². The highest BCUT2D eigenvalue weighted by atomic mass is 35.5. The Morgan fingerprint density at radius 2 is 1.66 bits per heavy atom. The molecule has 1 saturated carbocycles. The van der Waals surface area contributed by atoms with E-state index in [1.807, 2.05) is 41.0 Å². The summed E-state index contributed by atoms with van der Waals surface area (Å²) < 4.78 is 1.99. The minimum absolute atomic E-state index is 0.525. The molecule has 2 aromatic carbocycles. The maximum Gasteiger partial charge on any atom is 0.168 e. The molecule has 1 aliphatic rings. The first kappa shape index (κ1) is 21.7. The molecule has 0 unspecified atom stereocenters. The van der Waals surface area contributed by atoms with Crippen LogP contribution in [-0.4, -0.2) is 25.6 Å². The molecule has 5 nitrogen and oxygen atoms in total. The Labute approximate surface area is 201 Å². The predicted octanol–water partition coefficient (Wildman–Crippen LogP) is 6.87. The van der Waals surface area contributed by atoms with E-state index in [4.69, 9.17) is 39.8 Å². The van der Waals surface area contributed by atoms with E-state index >= 15 is 0 Å². The molecule has 164 valence electrons. The molecule has 32 heavy (non-hydrogen) atoms. The Balaban J connectivity index is 1.63. The predicted molar refractivity (Wildman–Crippen MR) is 131 cm³/mol. The molecule has 2 heterocycles. The second-order valence-corrected chi connectivity index (χ2v) is 9.36. The van der Waals surface area contributed by atoms with Crippen LogP contribution in [-0.2, 0) is 6.54 Å². The molecular weight excluding hydrogens is 465 g/mol. The molecule has 1 fully saturated rings. The molecule has 0 bridgehead atoms. The Kier molecular flexibility index (Phi) is 6.33. The van der Waals surface area contributed by atoms with Gasteiger partial charge < -0.3 is 5.32 Å². The summed E-state index contributed by atoms with van der Waals surface area (Å²) >= 11 is 18.8. The zero-order valence-electron chi connectivity index (χ0n) is 17.4. The Morgan fingerprint density at radius 1 is 0.906 bits per heavy atom. The third-order valence-electron chi connectivity index (χ3n) is 5.94. The summed E-state index contributed by atoms with van der Waals surface area (Å²) in [6.45, 7) is 0.648. The summed E-state index contributed by atoms with van der Waals surface area (Å²) in [5, 5.41) is 5.43. The van der Waals surface area contributed by atoms with Gasteiger partial charge in [-0.3, -0.25) is 4.57 Å². The number of nitrogens with one attached hydrogen (secondary N) is 1. The molecular formula is C24H22Cl3N5. The smallest absolute Gasteiger partial charge is 0.168 e. The van der Waals surface area contributed by atoms with E-state index < -0.39 is 0 Å². The Bertz CT molecular complexity index is 1250. The zero-order valence-corrected chi connectivity index (χ0v) is 19.6. The number of halogens is 3. The van der Waals surface area contributed by atoms with Crippen LogP contribution in [0.3, 0.4) is 0 Å². The maximum absolute atomic E-state index is 6.57. The Hall–Kier alpha value is -2.18. The number of aromatic nitrogens is 4. The fourth-order valence-corrected chi connectivity index (χ4v) is 4.92. The van der Waals surface area contributed by atoms with Gasteiger partial charge in [0.1, 0.15) is 17.7 Å². The van der Waals surface area contributed by atoms with Crippen LogP contribution in [0, 0.1) is 0 Å². The standard InChI is InChI=1S/C24H22Cl3N5/c25-15-6-9-18(10-7-15)32-23(19-11-8-16(26)12-20(19)27)31-22-21(29-14-30-24(22)32)13-28-17-4-2-1-3-5-17/h6-12,14,17,28H,1-5,13H2. The van der Waals surface area contributed by atoms with Gasteiger partial charge in [-0.15, -0.1) is 0 Å². The van der Waals surface area contributed by atoms with Crippen LogP contribution in [0.2, 0.25) is 15.1 Å². The topological polar surface area (TPSA) is 55.6 Å². The Morgan fingerprint density at radius 3 is 2.41 bits per heavy atom. The number of benzene rings is 2. The lowest BCUT2D eigenvalue weighted by Crippen LogP contribution is -2.30. The van der Waals surface area contributed by atoms with Crippen molar-refractivity contribution in [1.82, 2.24) is 24.8 Å². The summed E-state index contributed by atoms with van der Waals surface area (Å²) in [5.74, 6) is 0.684. The highest BCUT2D eigenvalue weighted by Crippen LogP contribution is 2.34. The summed E-state index contributed by atoms with van der Waals surface area (Å²) in [6.07, 6.45) is 7.90. The molecule has 0 spiro atoms. The molecule has 8 heteroatoms. The lowest BCUT2D eigenvalue weighted by atomic mass is 9.95. The first-order chi connectivity index (χ1) is 15.6. The highest BCUT2D eigenvalue weighted by Gasteiger charge is 2.21. The molecule has 5 rings (SSSR count). The van der Waals surface area contributed by atoms with Gasteiger partial charge in [-0.1, -0.05) is 54.1 Å². The van der Waals surface area contributed by atoms with E-state index in [-0.39, 0.29) is 0 Å². The molecule has 0 radical (unpaired) electrons. The van der Waals surface area contributed by atoms with Crippen molar-refractivity contribution in [2.75, 3.05) is 0 Å². The summed E-state index contributed by atoms with van der Waals surface area (Å²) in [7, 11) is 0. The lowest BCUT2D eigenvalue weighted by molar-refractivity contribution is 0.371. The number of imidazole rings is 1. The van der Waals surface area contributed by atoms with E-state index in [0.717, 1.165) is 28.1 Å². The van der Waals surface area contributed by atoms with E-state index in [9.17, 15) is 0 Å². The largest absolute Gasteiger partial charge is 0.308 e. The van der Waals surface area contributed by atoms with E-state index in [2.05, 4.69) is 15.3 Å². The van der Waals surface area contributed by atoms with Crippen LogP contribution in [0.5, 0.6) is 0 Å². The van der Waals surface area contributed by atoms with Crippen LogP contribution in [0.4, 0.5) is 0 Å². The molecule has 1 N–H and O–H groups in total. The highest BCUT2D eigenvalue weighted by molar-refractivity contribution is 6.36. The van der Waals surface area contributed by atoms with Gasteiger partial charge in [-0.25, -0.2) is 15.0 Å². The van der Waals surface area contributed by atoms with Crippen LogP contribution in [0.15, 0.2) is 48.8 Å². The van der Waals surface area contributed by atoms with Crippen molar-refractivity contribution in [3.05, 3.63) is 69.6 Å². The van der Waals surface area contributed by atoms with Gasteiger partial charge in [0.15, 0.2) is 5.65 Å². The van der Waals surface area contributed by atoms with E-state index in [0.29, 0.717) is 33.5 Å². The van der Waals surface area contributed by atoms with Crippen molar-refractivity contribution in [3.63, 3.8) is 0 Å². The normalized spacial score (nSPS) is 14.8. The van der Waals surface area contributed by atoms with Gasteiger partial charge in [-0.2, -0.15) is 0 Å². The van der Waals surface area contributed by atoms with Crippen molar-refractivity contribution in [2.24, 2.45) is 0 Å². The monoisotopic (exact) mass is 485 g/mol. The van der Waals surface area contributed by atoms with Gasteiger partial charge in [-0.05, 0) is 55.3 Å². The summed E-state index contributed by atoms with van der Waals surface area (Å²) in [5.41, 5.74) is 4.02. The van der Waals surface area contributed by atoms with Gasteiger partial charge in [0.25, 0.3) is 0 Å². The van der Waals surface area contributed by atoms with Crippen LogP contribution < -0.4 is 5.32 Å².